The van der Waals surface area contributed by atoms with Crippen molar-refractivity contribution < 1.29 is 4.79 Å². The molecule has 122 valence electrons. The number of piperazine rings is 1. The summed E-state index contributed by atoms with van der Waals surface area (Å²) >= 11 is 1.55. The van der Waals surface area contributed by atoms with E-state index in [9.17, 15) is 4.79 Å². The van der Waals surface area contributed by atoms with Crippen LogP contribution < -0.4 is 4.90 Å². The van der Waals surface area contributed by atoms with E-state index in [0.29, 0.717) is 13.1 Å². The molecular formula is C17H17N5OS. The summed E-state index contributed by atoms with van der Waals surface area (Å²) in [5, 5.41) is 11.3. The number of nitrogens with one attached hydrogen (secondary N) is 1. The number of nitrogens with zero attached hydrogens (tertiary/aromatic N) is 4. The number of hydrogen-bond donors (Lipinski definition) is 1. The molecule has 0 aliphatic carbocycles. The number of aromatic amines is 1. The minimum Gasteiger partial charge on any atom is -0.352 e. The van der Waals surface area contributed by atoms with Crippen molar-refractivity contribution >= 4 is 23.1 Å². The van der Waals surface area contributed by atoms with Gasteiger partial charge in [-0.3, -0.25) is 14.9 Å². The summed E-state index contributed by atoms with van der Waals surface area (Å²) in [6, 6.07) is 7.83. The number of thiophene rings is 1. The molecule has 1 N–H and O–H groups in total. The van der Waals surface area contributed by atoms with Crippen LogP contribution in [0.1, 0.15) is 10.4 Å². The van der Waals surface area contributed by atoms with Crippen LogP contribution in [0.2, 0.25) is 0 Å². The van der Waals surface area contributed by atoms with E-state index in [-0.39, 0.29) is 5.91 Å². The first kappa shape index (κ1) is 14.9. The van der Waals surface area contributed by atoms with Gasteiger partial charge in [-0.2, -0.15) is 16.4 Å². The lowest BCUT2D eigenvalue weighted by molar-refractivity contribution is 0.0747. The van der Waals surface area contributed by atoms with E-state index < -0.39 is 0 Å². The van der Waals surface area contributed by atoms with Crippen molar-refractivity contribution in [1.29, 1.82) is 0 Å². The molecule has 1 aliphatic rings. The standard InChI is InChI=1S/C17H17N5OS/c23-17(14-3-9-24-12-14)22-7-5-21(6-8-22)16-10-15(19-20-16)13-2-1-4-18-11-13/h1-4,9-12H,5-8H2,(H,19,20). The van der Waals surface area contributed by atoms with Gasteiger partial charge in [-0.1, -0.05) is 0 Å². The van der Waals surface area contributed by atoms with Crippen molar-refractivity contribution in [3.8, 4) is 11.3 Å². The lowest BCUT2D eigenvalue weighted by Gasteiger charge is -2.34. The summed E-state index contributed by atoms with van der Waals surface area (Å²) in [7, 11) is 0. The molecule has 0 radical (unpaired) electrons. The molecular weight excluding hydrogens is 322 g/mol. The predicted octanol–water partition coefficient (Wildman–Crippen LogP) is 2.50. The highest BCUT2D eigenvalue weighted by Gasteiger charge is 2.23. The molecule has 1 amide bonds. The Hall–Kier alpha value is -2.67. The van der Waals surface area contributed by atoms with Gasteiger partial charge in [0.1, 0.15) is 0 Å². The number of aromatic nitrogens is 3. The van der Waals surface area contributed by atoms with E-state index in [0.717, 1.165) is 35.7 Å². The fourth-order valence-electron chi connectivity index (χ4n) is 2.85. The first-order valence-corrected chi connectivity index (χ1v) is 8.78. The van der Waals surface area contributed by atoms with Crippen LogP contribution >= 0.6 is 11.3 Å². The van der Waals surface area contributed by atoms with Crippen LogP contribution in [0.4, 0.5) is 5.82 Å². The van der Waals surface area contributed by atoms with Gasteiger partial charge >= 0.3 is 0 Å². The Morgan fingerprint density at radius 1 is 1.21 bits per heavy atom. The lowest BCUT2D eigenvalue weighted by Crippen LogP contribution is -2.48. The van der Waals surface area contributed by atoms with Crippen molar-refractivity contribution in [2.24, 2.45) is 0 Å². The van der Waals surface area contributed by atoms with Gasteiger partial charge in [-0.15, -0.1) is 0 Å². The highest BCUT2D eigenvalue weighted by molar-refractivity contribution is 7.08. The first-order chi connectivity index (χ1) is 11.8. The molecule has 6 nitrogen and oxygen atoms in total. The average molecular weight is 339 g/mol. The molecule has 1 aliphatic heterocycles. The second-order valence-electron chi connectivity index (χ2n) is 5.67. The molecule has 0 bridgehead atoms. The van der Waals surface area contributed by atoms with Crippen molar-refractivity contribution in [3.63, 3.8) is 0 Å². The van der Waals surface area contributed by atoms with E-state index in [1.165, 1.54) is 0 Å². The normalized spacial score (nSPS) is 14.8. The third-order valence-corrected chi connectivity index (χ3v) is 4.88. The Balaban J connectivity index is 1.41. The molecule has 3 aromatic heterocycles. The lowest BCUT2D eigenvalue weighted by atomic mass is 10.2. The van der Waals surface area contributed by atoms with Gasteiger partial charge < -0.3 is 9.80 Å². The highest BCUT2D eigenvalue weighted by Crippen LogP contribution is 2.22. The van der Waals surface area contributed by atoms with Crippen LogP contribution in [-0.2, 0) is 0 Å². The van der Waals surface area contributed by atoms with E-state index in [2.05, 4.69) is 20.1 Å². The van der Waals surface area contributed by atoms with Gasteiger partial charge in [0, 0.05) is 55.6 Å². The van der Waals surface area contributed by atoms with Gasteiger partial charge in [0.05, 0.1) is 11.3 Å². The number of carbonyl (C=O) groups excluding carboxylic acids is 1. The molecule has 0 spiro atoms. The molecule has 1 fully saturated rings. The van der Waals surface area contributed by atoms with Gasteiger partial charge in [0.25, 0.3) is 5.91 Å². The summed E-state index contributed by atoms with van der Waals surface area (Å²) in [6.07, 6.45) is 3.57. The summed E-state index contributed by atoms with van der Waals surface area (Å²) in [5.74, 6) is 1.03. The molecule has 4 heterocycles. The minimum atomic E-state index is 0.119. The summed E-state index contributed by atoms with van der Waals surface area (Å²) < 4.78 is 0. The minimum absolute atomic E-state index is 0.119. The van der Waals surface area contributed by atoms with Gasteiger partial charge in [0.15, 0.2) is 5.82 Å². The van der Waals surface area contributed by atoms with Crippen LogP contribution in [0, 0.1) is 0 Å². The predicted molar refractivity (Wildman–Crippen MR) is 94.3 cm³/mol. The maximum absolute atomic E-state index is 12.4. The summed E-state index contributed by atoms with van der Waals surface area (Å²) in [4.78, 5) is 20.6. The molecule has 0 atom stereocenters. The number of rotatable bonds is 3. The number of hydrogen-bond acceptors (Lipinski definition) is 5. The van der Waals surface area contributed by atoms with E-state index in [1.807, 2.05) is 46.1 Å². The maximum atomic E-state index is 12.4. The smallest absolute Gasteiger partial charge is 0.254 e. The second-order valence-corrected chi connectivity index (χ2v) is 6.45. The monoisotopic (exact) mass is 339 g/mol. The van der Waals surface area contributed by atoms with Crippen molar-refractivity contribution in [1.82, 2.24) is 20.1 Å². The fourth-order valence-corrected chi connectivity index (χ4v) is 3.48. The van der Waals surface area contributed by atoms with Crippen LogP contribution in [0.5, 0.6) is 0 Å². The number of amides is 1. The number of pyridine rings is 1. The quantitative estimate of drug-likeness (QED) is 0.796. The van der Waals surface area contributed by atoms with E-state index >= 15 is 0 Å². The molecule has 4 rings (SSSR count). The molecule has 0 unspecified atom stereocenters. The molecule has 0 saturated carbocycles. The number of H-pyrrole nitrogens is 1. The number of carbonyl (C=O) groups is 1. The first-order valence-electron chi connectivity index (χ1n) is 7.83. The Kier molecular flexibility index (Phi) is 4.00. The Morgan fingerprint density at radius 3 is 2.79 bits per heavy atom. The van der Waals surface area contributed by atoms with Gasteiger partial charge in [0.2, 0.25) is 0 Å². The van der Waals surface area contributed by atoms with Gasteiger partial charge in [-0.05, 0) is 23.6 Å². The third kappa shape index (κ3) is 2.90. The zero-order valence-electron chi connectivity index (χ0n) is 13.1. The molecule has 0 aromatic carbocycles. The second kappa shape index (κ2) is 6.45. The molecule has 24 heavy (non-hydrogen) atoms. The third-order valence-electron chi connectivity index (χ3n) is 4.20. The molecule has 1 saturated heterocycles. The van der Waals surface area contributed by atoms with Crippen molar-refractivity contribution in [2.45, 2.75) is 0 Å². The SMILES string of the molecule is O=C(c1ccsc1)N1CCN(c2cc(-c3cccnc3)[nH]n2)CC1. The zero-order valence-corrected chi connectivity index (χ0v) is 13.9. The Labute approximate surface area is 143 Å². The largest absolute Gasteiger partial charge is 0.352 e. The van der Waals surface area contributed by atoms with Crippen molar-refractivity contribution in [2.75, 3.05) is 31.1 Å². The van der Waals surface area contributed by atoms with Crippen LogP contribution in [0.15, 0.2) is 47.4 Å². The topological polar surface area (TPSA) is 65.1 Å². The highest BCUT2D eigenvalue weighted by atomic mass is 32.1. The fraction of sp³-hybridized carbons (Fsp3) is 0.235. The maximum Gasteiger partial charge on any atom is 0.254 e. The number of anilines is 1. The molecule has 3 aromatic rings. The van der Waals surface area contributed by atoms with E-state index in [1.54, 1.807) is 17.5 Å². The zero-order chi connectivity index (χ0) is 16.4. The van der Waals surface area contributed by atoms with Crippen LogP contribution in [0.3, 0.4) is 0 Å². The summed E-state index contributed by atoms with van der Waals surface area (Å²) in [6.45, 7) is 2.99. The Bertz CT molecular complexity index is 807. The molecule has 7 heteroatoms. The van der Waals surface area contributed by atoms with Crippen LogP contribution in [-0.4, -0.2) is 52.2 Å². The Morgan fingerprint density at radius 2 is 2.08 bits per heavy atom. The average Bonchev–Trinajstić information content (AvgIpc) is 3.34. The van der Waals surface area contributed by atoms with Crippen LogP contribution in [0.25, 0.3) is 11.3 Å². The van der Waals surface area contributed by atoms with E-state index in [4.69, 9.17) is 0 Å². The summed E-state index contributed by atoms with van der Waals surface area (Å²) in [5.41, 5.74) is 2.75. The van der Waals surface area contributed by atoms with Gasteiger partial charge in [-0.25, -0.2) is 0 Å². The van der Waals surface area contributed by atoms with Crippen molar-refractivity contribution in [3.05, 3.63) is 53.0 Å².